The van der Waals surface area contributed by atoms with Crippen LogP contribution in [-0.4, -0.2) is 41.6 Å². The Kier molecular flexibility index (Phi) is 39.6. The van der Waals surface area contributed by atoms with Crippen LogP contribution in [0.3, 0.4) is 0 Å². The van der Waals surface area contributed by atoms with Crippen LogP contribution < -0.4 is 11.1 Å². The number of carbonyl (C=O) groups excluding carboxylic acids is 2. The van der Waals surface area contributed by atoms with Crippen LogP contribution in [0.25, 0.3) is 0 Å². The van der Waals surface area contributed by atoms with Crippen molar-refractivity contribution in [3.8, 4) is 0 Å². The summed E-state index contributed by atoms with van der Waals surface area (Å²) in [5.74, 6) is -1.51. The molecular formula is C49H80N2O5. The van der Waals surface area contributed by atoms with E-state index >= 15 is 0 Å². The molecule has 0 aromatic rings. The van der Waals surface area contributed by atoms with Crippen LogP contribution in [0.4, 0.5) is 0 Å². The van der Waals surface area contributed by atoms with E-state index in [1.54, 1.807) is 0 Å². The largest absolute Gasteiger partial charge is 0.480 e. The first-order valence-electron chi connectivity index (χ1n) is 22.1. The molecule has 1 amide bonds. The number of aliphatic carboxylic acids is 1. The van der Waals surface area contributed by atoms with Crippen molar-refractivity contribution in [1.82, 2.24) is 5.32 Å². The van der Waals surface area contributed by atoms with Crippen molar-refractivity contribution in [2.45, 2.75) is 187 Å². The third kappa shape index (κ3) is 38.6. The smallest absolute Gasteiger partial charge is 0.326 e. The van der Waals surface area contributed by atoms with E-state index in [0.29, 0.717) is 45.1 Å². The highest BCUT2D eigenvalue weighted by atomic mass is 16.5. The highest BCUT2D eigenvalue weighted by Crippen LogP contribution is 2.14. The number of nitrogens with two attached hydrogens (primary N) is 1. The van der Waals surface area contributed by atoms with Gasteiger partial charge in [0.15, 0.2) is 0 Å². The first kappa shape index (κ1) is 52.3. The predicted molar refractivity (Wildman–Crippen MR) is 238 cm³/mol. The molecule has 0 aromatic heterocycles. The van der Waals surface area contributed by atoms with Gasteiger partial charge in [-0.05, 0) is 122 Å². The number of carbonyl (C=O) groups is 3. The molecule has 0 aromatic carbocycles. The Bertz CT molecular complexity index is 1190. The van der Waals surface area contributed by atoms with Gasteiger partial charge in [0.2, 0.25) is 5.91 Å². The van der Waals surface area contributed by atoms with Gasteiger partial charge in [-0.1, -0.05) is 144 Å². The van der Waals surface area contributed by atoms with Crippen molar-refractivity contribution >= 4 is 17.8 Å². The standard InChI is InChI=1S/C49H80N2O5/c1-3-5-7-9-11-13-15-17-19-20-21-22-23-25-27-29-31-33-35-43-48(53)56-45(40-36-37-42-47(52)51-46(49(54)55)41-38-44-50)39-34-32-30-28-26-24-18-16-14-12-10-8-6-4-2/h6,8,11-14,17-19,21-22,24,28,30,34,39,45-46H,3-5,7,9-10,15-16,20,23,25-27,29,31-33,35-38,40-44,50H2,1-2H3,(H,51,52)(H,54,55)/b8-6-,13-11-,14-12-,19-17-,22-21-,24-18-,30-28-,39-34-. The molecule has 316 valence electrons. The first-order chi connectivity index (χ1) is 27.4. The Hall–Kier alpha value is -3.71. The van der Waals surface area contributed by atoms with Crippen LogP contribution in [0.5, 0.6) is 0 Å². The highest BCUT2D eigenvalue weighted by Gasteiger charge is 2.19. The summed E-state index contributed by atoms with van der Waals surface area (Å²) in [7, 11) is 0. The summed E-state index contributed by atoms with van der Waals surface area (Å²) >= 11 is 0. The van der Waals surface area contributed by atoms with Gasteiger partial charge in [-0.25, -0.2) is 4.79 Å². The van der Waals surface area contributed by atoms with Crippen LogP contribution in [-0.2, 0) is 19.1 Å². The molecule has 4 N–H and O–H groups in total. The zero-order chi connectivity index (χ0) is 41.0. The third-order valence-electron chi connectivity index (χ3n) is 9.12. The van der Waals surface area contributed by atoms with Crippen molar-refractivity contribution in [2.24, 2.45) is 5.73 Å². The summed E-state index contributed by atoms with van der Waals surface area (Å²) in [6.07, 6.45) is 57.4. The summed E-state index contributed by atoms with van der Waals surface area (Å²) in [5.41, 5.74) is 5.50. The quantitative estimate of drug-likeness (QED) is 0.0326. The number of esters is 1. The van der Waals surface area contributed by atoms with Gasteiger partial charge in [-0.2, -0.15) is 0 Å². The molecule has 2 atom stereocenters. The summed E-state index contributed by atoms with van der Waals surface area (Å²) in [5, 5.41) is 12.0. The maximum Gasteiger partial charge on any atom is 0.326 e. The summed E-state index contributed by atoms with van der Waals surface area (Å²) in [6.45, 7) is 4.76. The normalized spacial score (nSPS) is 13.6. The maximum absolute atomic E-state index is 12.8. The lowest BCUT2D eigenvalue weighted by atomic mass is 10.1. The second-order valence-corrected chi connectivity index (χ2v) is 14.4. The third-order valence-corrected chi connectivity index (χ3v) is 9.12. The minimum atomic E-state index is -1.05. The monoisotopic (exact) mass is 777 g/mol. The second-order valence-electron chi connectivity index (χ2n) is 14.4. The molecule has 0 aliphatic heterocycles. The number of unbranched alkanes of at least 4 members (excludes halogenated alkanes) is 10. The molecule has 0 fully saturated rings. The minimum absolute atomic E-state index is 0.181. The Morgan fingerprint density at radius 1 is 0.554 bits per heavy atom. The summed E-state index contributed by atoms with van der Waals surface area (Å²) in [4.78, 5) is 36.6. The number of allylic oxidation sites excluding steroid dienone is 15. The molecule has 0 heterocycles. The van der Waals surface area contributed by atoms with Gasteiger partial charge in [0.25, 0.3) is 0 Å². The molecule has 56 heavy (non-hydrogen) atoms. The molecule has 0 rings (SSSR count). The fourth-order valence-corrected chi connectivity index (χ4v) is 5.81. The van der Waals surface area contributed by atoms with Crippen molar-refractivity contribution in [1.29, 1.82) is 0 Å². The van der Waals surface area contributed by atoms with Crippen molar-refractivity contribution in [2.75, 3.05) is 6.54 Å². The summed E-state index contributed by atoms with van der Waals surface area (Å²) in [6, 6.07) is -0.918. The van der Waals surface area contributed by atoms with E-state index in [1.165, 1.54) is 44.9 Å². The number of carboxylic acid groups (broad SMARTS) is 1. The van der Waals surface area contributed by atoms with Crippen molar-refractivity contribution < 1.29 is 24.2 Å². The van der Waals surface area contributed by atoms with E-state index < -0.39 is 12.0 Å². The maximum atomic E-state index is 12.8. The fraction of sp³-hybridized carbons (Fsp3) is 0.612. The number of hydrogen-bond acceptors (Lipinski definition) is 5. The van der Waals surface area contributed by atoms with E-state index in [1.807, 2.05) is 12.2 Å². The number of ether oxygens (including phenoxy) is 1. The lowest BCUT2D eigenvalue weighted by Crippen LogP contribution is -2.40. The number of hydrogen-bond donors (Lipinski definition) is 3. The topological polar surface area (TPSA) is 119 Å². The van der Waals surface area contributed by atoms with Crippen LogP contribution >= 0.6 is 0 Å². The van der Waals surface area contributed by atoms with E-state index in [2.05, 4.69) is 104 Å². The number of carboxylic acids is 1. The molecule has 0 saturated heterocycles. The Morgan fingerprint density at radius 3 is 1.57 bits per heavy atom. The SMILES string of the molecule is CC/C=C\C/C=C\C/C=C\C/C=C\C/C=C\C(CCCCC(=O)NC(CCCN)C(=O)O)OC(=O)CCCCCCCC/C=C\C/C=C\C/C=C\CCCCC. The van der Waals surface area contributed by atoms with Crippen molar-refractivity contribution in [3.05, 3.63) is 97.2 Å². The molecule has 2 unspecified atom stereocenters. The molecule has 0 aliphatic carbocycles. The number of nitrogens with one attached hydrogen (secondary N) is 1. The van der Waals surface area contributed by atoms with Crippen LogP contribution in [0.1, 0.15) is 174 Å². The second kappa shape index (κ2) is 42.4. The Morgan fingerprint density at radius 2 is 1.04 bits per heavy atom. The Labute approximate surface area is 342 Å². The average Bonchev–Trinajstić information content (AvgIpc) is 3.18. The molecule has 0 spiro atoms. The van der Waals surface area contributed by atoms with Gasteiger partial charge in [-0.15, -0.1) is 0 Å². The van der Waals surface area contributed by atoms with E-state index in [9.17, 15) is 19.5 Å². The van der Waals surface area contributed by atoms with Gasteiger partial charge in [0, 0.05) is 12.8 Å². The van der Waals surface area contributed by atoms with E-state index in [4.69, 9.17) is 10.5 Å². The molecule has 7 heteroatoms. The molecule has 0 aliphatic rings. The van der Waals surface area contributed by atoms with E-state index in [0.717, 1.165) is 70.6 Å². The van der Waals surface area contributed by atoms with Gasteiger partial charge < -0.3 is 20.9 Å². The van der Waals surface area contributed by atoms with Gasteiger partial charge in [0.05, 0.1) is 0 Å². The minimum Gasteiger partial charge on any atom is -0.480 e. The molecular weight excluding hydrogens is 697 g/mol. The van der Waals surface area contributed by atoms with Crippen molar-refractivity contribution in [3.63, 3.8) is 0 Å². The molecule has 7 nitrogen and oxygen atoms in total. The van der Waals surface area contributed by atoms with Crippen LogP contribution in [0.15, 0.2) is 97.2 Å². The zero-order valence-corrected chi connectivity index (χ0v) is 35.4. The average molecular weight is 777 g/mol. The zero-order valence-electron chi connectivity index (χ0n) is 35.4. The van der Waals surface area contributed by atoms with Gasteiger partial charge >= 0.3 is 11.9 Å². The number of amides is 1. The van der Waals surface area contributed by atoms with Crippen LogP contribution in [0.2, 0.25) is 0 Å². The first-order valence-corrected chi connectivity index (χ1v) is 22.1. The fourth-order valence-electron chi connectivity index (χ4n) is 5.81. The number of rotatable bonds is 38. The van der Waals surface area contributed by atoms with Gasteiger partial charge in [-0.3, -0.25) is 9.59 Å². The predicted octanol–water partition coefficient (Wildman–Crippen LogP) is 12.7. The highest BCUT2D eigenvalue weighted by molar-refractivity contribution is 5.83. The molecule has 0 saturated carbocycles. The van der Waals surface area contributed by atoms with Gasteiger partial charge in [0.1, 0.15) is 12.1 Å². The lowest BCUT2D eigenvalue weighted by molar-refractivity contribution is -0.147. The molecule has 0 bridgehead atoms. The lowest BCUT2D eigenvalue weighted by Gasteiger charge is -2.16. The molecule has 0 radical (unpaired) electrons. The van der Waals surface area contributed by atoms with Crippen LogP contribution in [0, 0.1) is 0 Å². The Balaban J connectivity index is 4.53. The van der Waals surface area contributed by atoms with E-state index in [-0.39, 0.29) is 24.4 Å². The summed E-state index contributed by atoms with van der Waals surface area (Å²) < 4.78 is 5.87.